The molecule has 0 unspecified atom stereocenters. The number of benzene rings is 2. The Morgan fingerprint density at radius 3 is 2.57 bits per heavy atom. The van der Waals surface area contributed by atoms with E-state index in [-0.39, 0.29) is 30.0 Å². The van der Waals surface area contributed by atoms with E-state index >= 15 is 0 Å². The number of amides is 1. The lowest BCUT2D eigenvalue weighted by Crippen LogP contribution is -2.29. The highest BCUT2D eigenvalue weighted by molar-refractivity contribution is 5.91. The second-order valence-electron chi connectivity index (χ2n) is 6.32. The molecule has 2 aromatic carbocycles. The van der Waals surface area contributed by atoms with Crippen LogP contribution in [0.25, 0.3) is 22.3 Å². The van der Waals surface area contributed by atoms with Gasteiger partial charge in [-0.05, 0) is 36.4 Å². The number of aryl methyl sites for hydroxylation is 1. The lowest BCUT2D eigenvalue weighted by molar-refractivity contribution is -0.116. The van der Waals surface area contributed by atoms with Crippen molar-refractivity contribution in [1.29, 1.82) is 0 Å². The van der Waals surface area contributed by atoms with E-state index in [1.54, 1.807) is 12.1 Å². The van der Waals surface area contributed by atoms with Gasteiger partial charge in [-0.3, -0.25) is 19.5 Å². The van der Waals surface area contributed by atoms with Crippen molar-refractivity contribution in [2.24, 2.45) is 0 Å². The average Bonchev–Trinajstić information content (AvgIpc) is 3.13. The molecule has 2 heterocycles. The average molecular weight is 375 g/mol. The number of para-hydroxylation sites is 1. The SMILES string of the molecule is O=C(CCn1[nH]c(=O)ccc1=O)Nc1ccc(-c2cc3ccccc3o2)cc1. The van der Waals surface area contributed by atoms with Gasteiger partial charge in [-0.2, -0.15) is 0 Å². The topological polar surface area (TPSA) is 97.1 Å². The van der Waals surface area contributed by atoms with Gasteiger partial charge >= 0.3 is 0 Å². The van der Waals surface area contributed by atoms with Gasteiger partial charge in [0.2, 0.25) is 5.91 Å². The van der Waals surface area contributed by atoms with Crippen molar-refractivity contribution < 1.29 is 9.21 Å². The van der Waals surface area contributed by atoms with E-state index in [4.69, 9.17) is 4.42 Å². The number of carbonyl (C=O) groups is 1. The minimum Gasteiger partial charge on any atom is -0.456 e. The zero-order valence-electron chi connectivity index (χ0n) is 14.8. The number of nitrogens with one attached hydrogen (secondary N) is 2. The number of aromatic nitrogens is 2. The van der Waals surface area contributed by atoms with Crippen molar-refractivity contribution in [2.75, 3.05) is 5.32 Å². The first kappa shape index (κ1) is 17.5. The number of fused-ring (bicyclic) bond motifs is 1. The summed E-state index contributed by atoms with van der Waals surface area (Å²) in [4.78, 5) is 35.0. The molecular weight excluding hydrogens is 358 g/mol. The number of aromatic amines is 1. The smallest absolute Gasteiger partial charge is 0.265 e. The summed E-state index contributed by atoms with van der Waals surface area (Å²) in [5.74, 6) is 0.500. The Bertz CT molecular complexity index is 1220. The van der Waals surface area contributed by atoms with Gasteiger partial charge in [-0.1, -0.05) is 18.2 Å². The molecule has 2 N–H and O–H groups in total. The molecule has 28 heavy (non-hydrogen) atoms. The molecule has 2 aromatic heterocycles. The number of furan rings is 1. The summed E-state index contributed by atoms with van der Waals surface area (Å²) in [6, 6.07) is 19.4. The standard InChI is InChI=1S/C21H17N3O4/c25-19(11-12-24-21(27)10-9-20(26)23-24)22-16-7-5-14(6-8-16)18-13-15-3-1-2-4-17(15)28-18/h1-10,13H,11-12H2,(H,22,25)(H,23,26). The van der Waals surface area contributed by atoms with Crippen LogP contribution in [0, 0.1) is 0 Å². The summed E-state index contributed by atoms with van der Waals surface area (Å²) in [5, 5.41) is 6.20. The van der Waals surface area contributed by atoms with Crippen molar-refractivity contribution in [3.05, 3.63) is 87.4 Å². The third-order valence-corrected chi connectivity index (χ3v) is 4.33. The van der Waals surface area contributed by atoms with E-state index in [2.05, 4.69) is 10.4 Å². The third-order valence-electron chi connectivity index (χ3n) is 4.33. The second kappa shape index (κ2) is 7.40. The van der Waals surface area contributed by atoms with Crippen molar-refractivity contribution in [1.82, 2.24) is 9.78 Å². The van der Waals surface area contributed by atoms with Crippen molar-refractivity contribution in [3.8, 4) is 11.3 Å². The van der Waals surface area contributed by atoms with Crippen LogP contribution in [-0.2, 0) is 11.3 Å². The summed E-state index contributed by atoms with van der Waals surface area (Å²) in [5.41, 5.74) is 1.62. The fraction of sp³-hybridized carbons (Fsp3) is 0.0952. The first-order valence-corrected chi connectivity index (χ1v) is 8.77. The maximum atomic E-state index is 12.1. The molecule has 0 bridgehead atoms. The van der Waals surface area contributed by atoms with Crippen molar-refractivity contribution in [3.63, 3.8) is 0 Å². The number of H-pyrrole nitrogens is 1. The van der Waals surface area contributed by atoms with E-state index in [1.165, 1.54) is 6.07 Å². The molecule has 0 aliphatic heterocycles. The van der Waals surface area contributed by atoms with Gasteiger partial charge in [-0.15, -0.1) is 0 Å². The van der Waals surface area contributed by atoms with E-state index in [0.29, 0.717) is 5.69 Å². The first-order chi connectivity index (χ1) is 13.6. The minimum atomic E-state index is -0.388. The van der Waals surface area contributed by atoms with Gasteiger partial charge in [-0.25, -0.2) is 4.68 Å². The predicted octanol–water partition coefficient (Wildman–Crippen LogP) is 2.98. The summed E-state index contributed by atoms with van der Waals surface area (Å²) in [6.45, 7) is 0.0951. The monoisotopic (exact) mass is 375 g/mol. The van der Waals surface area contributed by atoms with Gasteiger partial charge in [0, 0.05) is 35.2 Å². The summed E-state index contributed by atoms with van der Waals surface area (Å²) >= 11 is 0. The molecule has 7 heteroatoms. The van der Waals surface area contributed by atoms with E-state index < -0.39 is 0 Å². The molecule has 0 radical (unpaired) electrons. The van der Waals surface area contributed by atoms with Crippen LogP contribution in [0.1, 0.15) is 6.42 Å². The van der Waals surface area contributed by atoms with Gasteiger partial charge in [0.05, 0.1) is 6.54 Å². The Morgan fingerprint density at radius 2 is 1.79 bits per heavy atom. The Kier molecular flexibility index (Phi) is 4.63. The maximum absolute atomic E-state index is 12.1. The first-order valence-electron chi connectivity index (χ1n) is 8.77. The molecule has 0 fully saturated rings. The largest absolute Gasteiger partial charge is 0.456 e. The Morgan fingerprint density at radius 1 is 1.00 bits per heavy atom. The minimum absolute atomic E-state index is 0.0607. The highest BCUT2D eigenvalue weighted by Crippen LogP contribution is 2.28. The summed E-state index contributed by atoms with van der Waals surface area (Å²) < 4.78 is 6.95. The van der Waals surface area contributed by atoms with Crippen LogP contribution >= 0.6 is 0 Å². The predicted molar refractivity (Wildman–Crippen MR) is 106 cm³/mol. The Hall–Kier alpha value is -3.87. The van der Waals surface area contributed by atoms with Crippen LogP contribution in [0.3, 0.4) is 0 Å². The van der Waals surface area contributed by atoms with Crippen LogP contribution < -0.4 is 16.4 Å². The van der Waals surface area contributed by atoms with E-state index in [1.807, 2.05) is 42.5 Å². The second-order valence-corrected chi connectivity index (χ2v) is 6.32. The van der Waals surface area contributed by atoms with Crippen molar-refractivity contribution >= 4 is 22.6 Å². The van der Waals surface area contributed by atoms with Crippen LogP contribution in [0.15, 0.2) is 80.7 Å². The molecule has 1 amide bonds. The van der Waals surface area contributed by atoms with Gasteiger partial charge in [0.25, 0.3) is 11.1 Å². The number of hydrogen-bond acceptors (Lipinski definition) is 4. The summed E-state index contributed by atoms with van der Waals surface area (Å²) in [6.07, 6.45) is 0.0607. The Labute approximate surface area is 159 Å². The van der Waals surface area contributed by atoms with Gasteiger partial charge < -0.3 is 9.73 Å². The molecule has 0 saturated heterocycles. The highest BCUT2D eigenvalue weighted by Gasteiger charge is 2.08. The molecule has 0 aliphatic carbocycles. The highest BCUT2D eigenvalue weighted by atomic mass is 16.3. The number of carbonyl (C=O) groups excluding carboxylic acids is 1. The molecule has 4 rings (SSSR count). The van der Waals surface area contributed by atoms with Gasteiger partial charge in [0.1, 0.15) is 11.3 Å². The number of hydrogen-bond donors (Lipinski definition) is 2. The number of rotatable bonds is 5. The molecule has 0 spiro atoms. The lowest BCUT2D eigenvalue weighted by atomic mass is 10.1. The maximum Gasteiger partial charge on any atom is 0.265 e. The van der Waals surface area contributed by atoms with E-state index in [9.17, 15) is 14.4 Å². The number of anilines is 1. The Balaban J connectivity index is 1.41. The third kappa shape index (κ3) is 3.78. The van der Waals surface area contributed by atoms with Crippen LogP contribution in [0.4, 0.5) is 5.69 Å². The molecule has 0 atom stereocenters. The molecule has 0 aliphatic rings. The molecular formula is C21H17N3O4. The van der Waals surface area contributed by atoms with Crippen LogP contribution in [0.2, 0.25) is 0 Å². The fourth-order valence-electron chi connectivity index (χ4n) is 2.91. The normalized spacial score (nSPS) is 10.9. The zero-order valence-corrected chi connectivity index (χ0v) is 14.8. The van der Waals surface area contributed by atoms with Crippen LogP contribution in [-0.4, -0.2) is 15.7 Å². The molecule has 140 valence electrons. The number of nitrogens with zero attached hydrogens (tertiary/aromatic N) is 1. The van der Waals surface area contributed by atoms with Crippen molar-refractivity contribution in [2.45, 2.75) is 13.0 Å². The summed E-state index contributed by atoms with van der Waals surface area (Å²) in [7, 11) is 0. The van der Waals surface area contributed by atoms with E-state index in [0.717, 1.165) is 33.0 Å². The van der Waals surface area contributed by atoms with Crippen LogP contribution in [0.5, 0.6) is 0 Å². The molecule has 7 nitrogen and oxygen atoms in total. The lowest BCUT2D eigenvalue weighted by Gasteiger charge is -2.07. The molecule has 4 aromatic rings. The fourth-order valence-corrected chi connectivity index (χ4v) is 2.91. The molecule has 0 saturated carbocycles. The van der Waals surface area contributed by atoms with Gasteiger partial charge in [0.15, 0.2) is 0 Å². The quantitative estimate of drug-likeness (QED) is 0.560. The zero-order chi connectivity index (χ0) is 19.5.